The molecule has 1 atom stereocenters. The van der Waals surface area contributed by atoms with Gasteiger partial charge < -0.3 is 18.9 Å². The van der Waals surface area contributed by atoms with Crippen LogP contribution in [0.2, 0.25) is 0 Å². The number of hydrogen-bond acceptors (Lipinski definition) is 8. The Morgan fingerprint density at radius 1 is 0.979 bits per heavy atom. The maximum atomic E-state index is 14.1. The van der Waals surface area contributed by atoms with Crippen LogP contribution in [-0.4, -0.2) is 30.9 Å². The Morgan fingerprint density at radius 3 is 2.49 bits per heavy atom. The molecule has 240 valence electrons. The first kappa shape index (κ1) is 32.3. The van der Waals surface area contributed by atoms with Crippen molar-refractivity contribution in [1.82, 2.24) is 4.57 Å². The maximum Gasteiger partial charge on any atom is 0.338 e. The molecule has 1 aliphatic rings. The van der Waals surface area contributed by atoms with Crippen molar-refractivity contribution in [1.29, 1.82) is 0 Å². The molecule has 1 aliphatic heterocycles. The Hall–Kier alpha value is -4.67. The Bertz CT molecular complexity index is 2180. The highest BCUT2D eigenvalue weighted by molar-refractivity contribution is 9.10. The fourth-order valence-electron chi connectivity index (χ4n) is 5.67. The quantitative estimate of drug-likeness (QED) is 0.150. The summed E-state index contributed by atoms with van der Waals surface area (Å²) in [6.07, 6.45) is 1.83. The zero-order valence-corrected chi connectivity index (χ0v) is 28.8. The molecule has 6 rings (SSSR count). The minimum absolute atomic E-state index is 0.183. The van der Waals surface area contributed by atoms with E-state index < -0.39 is 12.0 Å². The maximum absolute atomic E-state index is 14.1. The normalized spacial score (nSPS) is 14.5. The summed E-state index contributed by atoms with van der Waals surface area (Å²) in [7, 11) is 1.55. The van der Waals surface area contributed by atoms with Crippen LogP contribution in [0.15, 0.2) is 104 Å². The third-order valence-electron chi connectivity index (χ3n) is 7.85. The summed E-state index contributed by atoms with van der Waals surface area (Å²) in [5, 5.41) is 2.34. The van der Waals surface area contributed by atoms with E-state index >= 15 is 0 Å². The van der Waals surface area contributed by atoms with E-state index in [9.17, 15) is 9.59 Å². The van der Waals surface area contributed by atoms with Crippen LogP contribution >= 0.6 is 27.3 Å². The number of aromatic nitrogens is 1. The number of allylic oxidation sites excluding steroid dienone is 1. The molecule has 5 aromatic rings. The van der Waals surface area contributed by atoms with E-state index in [1.807, 2.05) is 55.5 Å². The van der Waals surface area contributed by atoms with Crippen LogP contribution in [0.5, 0.6) is 17.2 Å². The molecule has 2 heterocycles. The summed E-state index contributed by atoms with van der Waals surface area (Å²) in [6, 6.07) is 24.8. The zero-order valence-electron chi connectivity index (χ0n) is 26.4. The second-order valence-electron chi connectivity index (χ2n) is 10.8. The molecule has 47 heavy (non-hydrogen) atoms. The number of ether oxygens (including phenoxy) is 4. The van der Waals surface area contributed by atoms with Gasteiger partial charge in [0.25, 0.3) is 5.56 Å². The smallest absolute Gasteiger partial charge is 0.338 e. The van der Waals surface area contributed by atoms with E-state index in [1.54, 1.807) is 37.7 Å². The highest BCUT2D eigenvalue weighted by atomic mass is 79.9. The lowest BCUT2D eigenvalue weighted by Gasteiger charge is -2.26. The summed E-state index contributed by atoms with van der Waals surface area (Å²) < 4.78 is 25.6. The van der Waals surface area contributed by atoms with Gasteiger partial charge in [0.15, 0.2) is 16.3 Å². The number of fused-ring (bicyclic) bond motifs is 2. The minimum Gasteiger partial charge on any atom is -0.493 e. The van der Waals surface area contributed by atoms with Crippen LogP contribution in [-0.2, 0) is 16.1 Å². The van der Waals surface area contributed by atoms with Crippen LogP contribution in [0, 0.1) is 0 Å². The number of thiazole rings is 1. The van der Waals surface area contributed by atoms with Crippen molar-refractivity contribution < 1.29 is 23.7 Å². The van der Waals surface area contributed by atoms with Gasteiger partial charge in [-0.2, -0.15) is 0 Å². The molecule has 0 radical (unpaired) electrons. The average molecular weight is 714 g/mol. The van der Waals surface area contributed by atoms with Crippen molar-refractivity contribution in [2.24, 2.45) is 4.99 Å². The molecule has 0 N–H and O–H groups in total. The molecular weight excluding hydrogens is 680 g/mol. The van der Waals surface area contributed by atoms with Crippen LogP contribution in [0.1, 0.15) is 43.5 Å². The largest absolute Gasteiger partial charge is 0.493 e. The first-order valence-electron chi connectivity index (χ1n) is 15.2. The number of carbonyl (C=O) groups excluding carboxylic acids is 1. The summed E-state index contributed by atoms with van der Waals surface area (Å²) in [6.45, 7) is 6.45. The van der Waals surface area contributed by atoms with Crippen molar-refractivity contribution in [3.05, 3.63) is 131 Å². The van der Waals surface area contributed by atoms with Crippen molar-refractivity contribution in [3.63, 3.8) is 0 Å². The number of hydrogen-bond donors (Lipinski definition) is 0. The van der Waals surface area contributed by atoms with Gasteiger partial charge in [-0.25, -0.2) is 9.79 Å². The van der Waals surface area contributed by atoms with Gasteiger partial charge in [0.2, 0.25) is 0 Å². The van der Waals surface area contributed by atoms with Gasteiger partial charge in [0.1, 0.15) is 12.4 Å². The van der Waals surface area contributed by atoms with Crippen molar-refractivity contribution in [2.75, 3.05) is 20.3 Å². The van der Waals surface area contributed by atoms with Crippen LogP contribution in [0.4, 0.5) is 0 Å². The molecule has 4 aromatic carbocycles. The van der Waals surface area contributed by atoms with Gasteiger partial charge >= 0.3 is 5.97 Å². The lowest BCUT2D eigenvalue weighted by molar-refractivity contribution is -0.139. The zero-order chi connectivity index (χ0) is 33.1. The summed E-state index contributed by atoms with van der Waals surface area (Å²) >= 11 is 4.93. The first-order valence-corrected chi connectivity index (χ1v) is 16.8. The van der Waals surface area contributed by atoms with Crippen LogP contribution in [0.3, 0.4) is 0 Å². The summed E-state index contributed by atoms with van der Waals surface area (Å²) in [4.78, 5) is 32.6. The molecule has 0 saturated carbocycles. The average Bonchev–Trinajstić information content (AvgIpc) is 3.37. The van der Waals surface area contributed by atoms with E-state index in [2.05, 4.69) is 45.2 Å². The van der Waals surface area contributed by atoms with Crippen LogP contribution in [0.25, 0.3) is 16.8 Å². The first-order chi connectivity index (χ1) is 22.8. The van der Waals surface area contributed by atoms with E-state index in [1.165, 1.54) is 16.7 Å². The lowest BCUT2D eigenvalue weighted by atomic mass is 9.95. The molecule has 0 aliphatic carbocycles. The fraction of sp³-hybridized carbons (Fsp3) is 0.216. The summed E-state index contributed by atoms with van der Waals surface area (Å²) in [5.41, 5.74) is 3.07. The van der Waals surface area contributed by atoms with E-state index in [-0.39, 0.29) is 17.7 Å². The standard InChI is InChI=1S/C37H33BrN2O6S/c1-5-44-31-20-29(38)28(19-30(31)43-4)34-33(36(42)45-6-2)22(3)39-37-40(34)35(41)32(47-37)18-23-14-16-26(17-15-23)46-21-25-12-9-11-24-10-7-8-13-27(24)25/h7-20,34H,5-6,21H2,1-4H3/b32-18+/t34-/m0/s1. The van der Waals surface area contributed by atoms with Gasteiger partial charge in [-0.1, -0.05) is 81.9 Å². The molecule has 10 heteroatoms. The molecule has 0 saturated heterocycles. The second kappa shape index (κ2) is 14.0. The molecule has 8 nitrogen and oxygen atoms in total. The monoisotopic (exact) mass is 712 g/mol. The number of carbonyl (C=O) groups is 1. The van der Waals surface area contributed by atoms with Gasteiger partial charge in [0.05, 0.1) is 42.2 Å². The van der Waals surface area contributed by atoms with Gasteiger partial charge in [-0.3, -0.25) is 9.36 Å². The minimum atomic E-state index is -0.809. The molecule has 0 bridgehead atoms. The Morgan fingerprint density at radius 2 is 1.74 bits per heavy atom. The molecule has 1 aromatic heterocycles. The van der Waals surface area contributed by atoms with Crippen molar-refractivity contribution in [3.8, 4) is 17.2 Å². The number of benzene rings is 4. The topological polar surface area (TPSA) is 88.4 Å². The fourth-order valence-corrected chi connectivity index (χ4v) is 7.25. The number of methoxy groups -OCH3 is 1. The number of esters is 1. The third kappa shape index (κ3) is 6.48. The summed E-state index contributed by atoms with van der Waals surface area (Å²) in [5.74, 6) is 1.21. The van der Waals surface area contributed by atoms with Crippen molar-refractivity contribution in [2.45, 2.75) is 33.4 Å². The number of halogens is 1. The SMILES string of the molecule is CCOC(=O)C1=C(C)N=c2s/c(=C/c3ccc(OCc4cccc5ccccc45)cc3)c(=O)n2[C@H]1c1cc(OC)c(OCC)cc1Br. The Labute approximate surface area is 284 Å². The van der Waals surface area contributed by atoms with Crippen LogP contribution < -0.4 is 29.1 Å². The molecule has 0 unspecified atom stereocenters. The molecule has 0 amide bonds. The molecule has 0 spiro atoms. The molecular formula is C37H33BrN2O6S. The number of rotatable bonds is 10. The van der Waals surface area contributed by atoms with E-state index in [0.717, 1.165) is 22.3 Å². The highest BCUT2D eigenvalue weighted by Crippen LogP contribution is 2.41. The predicted molar refractivity (Wildman–Crippen MR) is 187 cm³/mol. The Kier molecular flexibility index (Phi) is 9.60. The number of nitrogens with zero attached hydrogens (tertiary/aromatic N) is 2. The van der Waals surface area contributed by atoms with Gasteiger partial charge in [0, 0.05) is 4.47 Å². The Balaban J connectivity index is 1.36. The van der Waals surface area contributed by atoms with Gasteiger partial charge in [-0.05, 0) is 78.6 Å². The highest BCUT2D eigenvalue weighted by Gasteiger charge is 2.35. The predicted octanol–water partition coefficient (Wildman–Crippen LogP) is 6.70. The van der Waals surface area contributed by atoms with E-state index in [0.29, 0.717) is 49.8 Å². The molecule has 0 fully saturated rings. The van der Waals surface area contributed by atoms with Crippen molar-refractivity contribution >= 4 is 50.1 Å². The van der Waals surface area contributed by atoms with Gasteiger partial charge in [-0.15, -0.1) is 0 Å². The second-order valence-corrected chi connectivity index (χ2v) is 12.6. The van der Waals surface area contributed by atoms with E-state index in [4.69, 9.17) is 18.9 Å². The lowest BCUT2D eigenvalue weighted by Crippen LogP contribution is -2.40. The third-order valence-corrected chi connectivity index (χ3v) is 9.52.